The van der Waals surface area contributed by atoms with Crippen LogP contribution < -0.4 is 0 Å². The number of rotatable bonds is 11. The molecule has 0 aliphatic rings. The third-order valence-electron chi connectivity index (χ3n) is 3.85. The second-order valence-corrected chi connectivity index (χ2v) is 9.01. The van der Waals surface area contributed by atoms with Gasteiger partial charge in [-0.3, -0.25) is 9.59 Å². The average Bonchev–Trinajstić information content (AvgIpc) is 2.46. The Hall–Kier alpha value is -1.69. The smallest absolute Gasteiger partial charge is 0.307 e. The second-order valence-electron chi connectivity index (χ2n) is 6.33. The number of benzene rings is 1. The average molecular weight is 354 g/mol. The lowest BCUT2D eigenvalue weighted by Crippen LogP contribution is -2.17. The number of hydrogen-bond donors (Lipinski definition) is 1. The summed E-state index contributed by atoms with van der Waals surface area (Å²) in [6, 6.07) is 7.06. The van der Waals surface area contributed by atoms with Gasteiger partial charge in [-0.2, -0.15) is 0 Å². The SMILES string of the molecule is CC(C)S(=O)(=O)CCCCCC(=O)Cc1cccc(CC(=O)O)c1. The first kappa shape index (κ1) is 20.4. The van der Waals surface area contributed by atoms with Gasteiger partial charge in [-0.25, -0.2) is 8.42 Å². The standard InChI is InChI=1S/C18H26O5S/c1-14(2)24(22,23)10-5-3-4-9-17(19)12-15-7-6-8-16(11-15)13-18(20)21/h6-8,11,14H,3-5,9-10,12-13H2,1-2H3,(H,20,21). The summed E-state index contributed by atoms with van der Waals surface area (Å²) in [5, 5.41) is 8.44. The molecule has 0 spiro atoms. The summed E-state index contributed by atoms with van der Waals surface area (Å²) in [6.07, 6.45) is 2.65. The Morgan fingerprint density at radius 1 is 1.04 bits per heavy atom. The van der Waals surface area contributed by atoms with Crippen LogP contribution in [0, 0.1) is 0 Å². The van der Waals surface area contributed by atoms with Crippen molar-refractivity contribution in [2.24, 2.45) is 0 Å². The van der Waals surface area contributed by atoms with Crippen molar-refractivity contribution in [1.29, 1.82) is 0 Å². The van der Waals surface area contributed by atoms with E-state index in [2.05, 4.69) is 0 Å². The van der Waals surface area contributed by atoms with Crippen LogP contribution in [0.3, 0.4) is 0 Å². The first-order chi connectivity index (χ1) is 11.2. The van der Waals surface area contributed by atoms with Gasteiger partial charge in [0.05, 0.1) is 17.4 Å². The van der Waals surface area contributed by atoms with Gasteiger partial charge in [0.15, 0.2) is 9.84 Å². The Bertz CT molecular complexity index is 662. The van der Waals surface area contributed by atoms with Crippen molar-refractivity contribution in [3.05, 3.63) is 35.4 Å². The van der Waals surface area contributed by atoms with Gasteiger partial charge in [0.1, 0.15) is 5.78 Å². The van der Waals surface area contributed by atoms with Gasteiger partial charge in [-0.05, 0) is 37.8 Å². The second kappa shape index (κ2) is 9.57. The van der Waals surface area contributed by atoms with E-state index in [9.17, 15) is 18.0 Å². The summed E-state index contributed by atoms with van der Waals surface area (Å²) in [5.74, 6) is -0.625. The zero-order valence-corrected chi connectivity index (χ0v) is 15.1. The Morgan fingerprint density at radius 3 is 2.25 bits per heavy atom. The molecule has 0 aliphatic carbocycles. The molecule has 0 saturated carbocycles. The fraction of sp³-hybridized carbons (Fsp3) is 0.556. The van der Waals surface area contributed by atoms with Crippen LogP contribution in [-0.2, 0) is 32.3 Å². The monoisotopic (exact) mass is 354 g/mol. The maximum atomic E-state index is 12.0. The van der Waals surface area contributed by atoms with E-state index in [1.165, 1.54) is 0 Å². The summed E-state index contributed by atoms with van der Waals surface area (Å²) < 4.78 is 23.3. The molecule has 0 aliphatic heterocycles. The highest BCUT2D eigenvalue weighted by Crippen LogP contribution is 2.11. The normalized spacial score (nSPS) is 11.6. The van der Waals surface area contributed by atoms with Gasteiger partial charge in [0.2, 0.25) is 0 Å². The van der Waals surface area contributed by atoms with E-state index in [1.807, 2.05) is 6.07 Å². The summed E-state index contributed by atoms with van der Waals surface area (Å²) in [6.45, 7) is 3.36. The molecular weight excluding hydrogens is 328 g/mol. The van der Waals surface area contributed by atoms with Gasteiger partial charge in [-0.15, -0.1) is 0 Å². The summed E-state index contributed by atoms with van der Waals surface area (Å²) in [7, 11) is -3.00. The Labute approximate surface area is 144 Å². The minimum absolute atomic E-state index is 0.0493. The van der Waals surface area contributed by atoms with E-state index in [-0.39, 0.29) is 29.6 Å². The highest BCUT2D eigenvalue weighted by molar-refractivity contribution is 7.91. The largest absolute Gasteiger partial charge is 0.481 e. The lowest BCUT2D eigenvalue weighted by atomic mass is 10.0. The maximum Gasteiger partial charge on any atom is 0.307 e. The van der Waals surface area contributed by atoms with Gasteiger partial charge < -0.3 is 5.11 Å². The zero-order valence-electron chi connectivity index (χ0n) is 14.3. The Morgan fingerprint density at radius 2 is 1.67 bits per heavy atom. The molecule has 0 fully saturated rings. The van der Waals surface area contributed by atoms with Crippen LogP contribution in [-0.4, -0.2) is 36.3 Å². The molecule has 0 unspecified atom stereocenters. The topological polar surface area (TPSA) is 88.5 Å². The molecule has 0 saturated heterocycles. The van der Waals surface area contributed by atoms with Crippen molar-refractivity contribution < 1.29 is 23.1 Å². The zero-order chi connectivity index (χ0) is 18.2. The highest BCUT2D eigenvalue weighted by Gasteiger charge is 2.15. The third-order valence-corrected chi connectivity index (χ3v) is 6.14. The number of ketones is 1. The minimum atomic E-state index is -3.00. The molecular formula is C18H26O5S. The van der Waals surface area contributed by atoms with Crippen LogP contribution >= 0.6 is 0 Å². The van der Waals surface area contributed by atoms with Crippen LogP contribution in [0.25, 0.3) is 0 Å². The first-order valence-electron chi connectivity index (χ1n) is 8.23. The third kappa shape index (κ3) is 7.73. The molecule has 0 aromatic heterocycles. The molecule has 1 rings (SSSR count). The molecule has 0 amide bonds. The van der Waals surface area contributed by atoms with Gasteiger partial charge in [0, 0.05) is 12.8 Å². The van der Waals surface area contributed by atoms with Crippen molar-refractivity contribution >= 4 is 21.6 Å². The number of carboxylic acid groups (broad SMARTS) is 1. The van der Waals surface area contributed by atoms with Crippen LogP contribution in [0.2, 0.25) is 0 Å². The molecule has 1 aromatic rings. The molecule has 0 bridgehead atoms. The predicted octanol–water partition coefficient (Wildman–Crippen LogP) is 2.81. The van der Waals surface area contributed by atoms with Gasteiger partial charge in [0.25, 0.3) is 0 Å². The number of aliphatic carboxylic acids is 1. The number of unbranched alkanes of at least 4 members (excludes halogenated alkanes) is 2. The van der Waals surface area contributed by atoms with Gasteiger partial charge in [-0.1, -0.05) is 30.7 Å². The van der Waals surface area contributed by atoms with Crippen molar-refractivity contribution in [2.45, 2.75) is 57.6 Å². The van der Waals surface area contributed by atoms with Crippen molar-refractivity contribution in [3.63, 3.8) is 0 Å². The minimum Gasteiger partial charge on any atom is -0.481 e. The molecule has 24 heavy (non-hydrogen) atoms. The van der Waals surface area contributed by atoms with E-state index in [4.69, 9.17) is 5.11 Å². The van der Waals surface area contributed by atoms with Crippen LogP contribution in [0.15, 0.2) is 24.3 Å². The summed E-state index contributed by atoms with van der Waals surface area (Å²) in [5.41, 5.74) is 1.51. The molecule has 0 heterocycles. The van der Waals surface area contributed by atoms with Gasteiger partial charge >= 0.3 is 5.97 Å². The highest BCUT2D eigenvalue weighted by atomic mass is 32.2. The fourth-order valence-corrected chi connectivity index (χ4v) is 3.46. The number of carboxylic acids is 1. The predicted molar refractivity (Wildman–Crippen MR) is 93.9 cm³/mol. The number of hydrogen-bond acceptors (Lipinski definition) is 4. The molecule has 1 N–H and O–H groups in total. The van der Waals surface area contributed by atoms with E-state index in [1.54, 1.807) is 32.0 Å². The lowest BCUT2D eigenvalue weighted by molar-refractivity contribution is -0.136. The van der Waals surface area contributed by atoms with E-state index >= 15 is 0 Å². The van der Waals surface area contributed by atoms with E-state index in [0.717, 1.165) is 12.0 Å². The number of carbonyl (C=O) groups is 2. The molecule has 6 heteroatoms. The maximum absolute atomic E-state index is 12.0. The quantitative estimate of drug-likeness (QED) is 0.617. The molecule has 0 radical (unpaired) electrons. The van der Waals surface area contributed by atoms with Crippen molar-refractivity contribution in [1.82, 2.24) is 0 Å². The molecule has 1 aromatic carbocycles. The molecule has 0 atom stereocenters. The Balaban J connectivity index is 2.33. The Kier molecular flexibility index (Phi) is 8.11. The van der Waals surface area contributed by atoms with Crippen LogP contribution in [0.5, 0.6) is 0 Å². The summed E-state index contributed by atoms with van der Waals surface area (Å²) in [4.78, 5) is 22.7. The van der Waals surface area contributed by atoms with Crippen molar-refractivity contribution in [2.75, 3.05) is 5.75 Å². The fourth-order valence-electron chi connectivity index (χ4n) is 2.38. The lowest BCUT2D eigenvalue weighted by Gasteiger charge is -2.07. The molecule has 134 valence electrons. The number of Topliss-reactive ketones (excluding diaryl/α,β-unsaturated/α-hetero) is 1. The first-order valence-corrected chi connectivity index (χ1v) is 9.95. The molecule has 5 nitrogen and oxygen atoms in total. The van der Waals surface area contributed by atoms with E-state index < -0.39 is 15.8 Å². The van der Waals surface area contributed by atoms with Crippen molar-refractivity contribution in [3.8, 4) is 0 Å². The number of sulfone groups is 1. The van der Waals surface area contributed by atoms with E-state index in [0.29, 0.717) is 24.8 Å². The van der Waals surface area contributed by atoms with Crippen LogP contribution in [0.4, 0.5) is 0 Å². The number of carbonyl (C=O) groups excluding carboxylic acids is 1. The summed E-state index contributed by atoms with van der Waals surface area (Å²) >= 11 is 0. The van der Waals surface area contributed by atoms with Crippen LogP contribution in [0.1, 0.15) is 50.7 Å².